The number of ether oxygens (including phenoxy) is 1. The average molecular weight is 469 g/mol. The lowest BCUT2D eigenvalue weighted by molar-refractivity contribution is 0.0697. The molecule has 0 saturated carbocycles. The number of carboxylic acid groups (broad SMARTS) is 1. The second-order valence-corrected chi connectivity index (χ2v) is 8.68. The smallest absolute Gasteiger partial charge is 0.335 e. The van der Waals surface area contributed by atoms with Gasteiger partial charge in [0.15, 0.2) is 11.6 Å². The number of hydrogen-bond acceptors (Lipinski definition) is 3. The third-order valence-electron chi connectivity index (χ3n) is 5.73. The molecule has 1 heterocycles. The molecule has 8 heteroatoms. The minimum absolute atomic E-state index is 0.0639. The Morgan fingerprint density at radius 1 is 1.00 bits per heavy atom. The standard InChI is InChI=1S/C26H22F3NO4/c1-26(2,13-34-3)24-22(15-6-9-19(28)20(29)10-15)18-11-16(27)12-21(31)23(18)30(24)17-7-4-14(5-8-17)25(32)33/h4-12,31H,13H2,1-3H3,(H,32,33). The van der Waals surface area contributed by atoms with Gasteiger partial charge in [-0.25, -0.2) is 18.0 Å². The highest BCUT2D eigenvalue weighted by molar-refractivity contribution is 6.02. The van der Waals surface area contributed by atoms with Crippen LogP contribution in [0.2, 0.25) is 0 Å². The zero-order valence-electron chi connectivity index (χ0n) is 18.7. The molecular weight excluding hydrogens is 447 g/mol. The number of carboxylic acids is 1. The lowest BCUT2D eigenvalue weighted by atomic mass is 9.84. The highest BCUT2D eigenvalue weighted by Crippen LogP contribution is 2.46. The third kappa shape index (κ3) is 3.90. The maximum atomic E-state index is 14.5. The predicted octanol–water partition coefficient (Wildman–Crippen LogP) is 6.04. The first-order valence-electron chi connectivity index (χ1n) is 10.4. The van der Waals surface area contributed by atoms with Gasteiger partial charge in [-0.3, -0.25) is 0 Å². The average Bonchev–Trinajstić information content (AvgIpc) is 3.12. The van der Waals surface area contributed by atoms with E-state index in [0.717, 1.165) is 18.2 Å². The molecule has 0 spiro atoms. The van der Waals surface area contributed by atoms with Crippen LogP contribution in [0.1, 0.15) is 29.9 Å². The molecule has 0 saturated heterocycles. The van der Waals surface area contributed by atoms with E-state index in [1.165, 1.54) is 31.4 Å². The van der Waals surface area contributed by atoms with Gasteiger partial charge in [-0.15, -0.1) is 0 Å². The van der Waals surface area contributed by atoms with Gasteiger partial charge in [0.1, 0.15) is 11.6 Å². The number of rotatable bonds is 6. The number of benzene rings is 3. The summed E-state index contributed by atoms with van der Waals surface area (Å²) in [7, 11) is 1.52. The van der Waals surface area contributed by atoms with E-state index in [0.29, 0.717) is 16.9 Å². The first kappa shape index (κ1) is 23.4. The van der Waals surface area contributed by atoms with Crippen molar-refractivity contribution in [3.8, 4) is 22.6 Å². The summed E-state index contributed by atoms with van der Waals surface area (Å²) in [6.45, 7) is 3.93. The number of carbonyl (C=O) groups is 1. The van der Waals surface area contributed by atoms with Gasteiger partial charge in [0.2, 0.25) is 0 Å². The fraction of sp³-hybridized carbons (Fsp3) is 0.192. The van der Waals surface area contributed by atoms with Crippen molar-refractivity contribution in [2.45, 2.75) is 19.3 Å². The number of aromatic hydroxyl groups is 1. The number of nitrogens with zero attached hydrogens (tertiary/aromatic N) is 1. The molecule has 0 unspecified atom stereocenters. The summed E-state index contributed by atoms with van der Waals surface area (Å²) in [5.41, 5.74) is 1.26. The predicted molar refractivity (Wildman–Crippen MR) is 122 cm³/mol. The van der Waals surface area contributed by atoms with Crippen LogP contribution in [0.25, 0.3) is 27.7 Å². The van der Waals surface area contributed by atoms with E-state index in [1.54, 1.807) is 16.7 Å². The van der Waals surface area contributed by atoms with E-state index >= 15 is 0 Å². The summed E-state index contributed by atoms with van der Waals surface area (Å²) in [5, 5.41) is 20.4. The third-order valence-corrected chi connectivity index (χ3v) is 5.73. The van der Waals surface area contributed by atoms with E-state index in [2.05, 4.69) is 0 Å². The Balaban J connectivity index is 2.19. The molecule has 0 aliphatic carbocycles. The van der Waals surface area contributed by atoms with Gasteiger partial charge in [-0.2, -0.15) is 0 Å². The number of hydrogen-bond donors (Lipinski definition) is 2. The first-order valence-corrected chi connectivity index (χ1v) is 10.4. The van der Waals surface area contributed by atoms with Gasteiger partial charge in [0.25, 0.3) is 0 Å². The fourth-order valence-corrected chi connectivity index (χ4v) is 4.39. The van der Waals surface area contributed by atoms with Gasteiger partial charge in [0, 0.05) is 40.9 Å². The topological polar surface area (TPSA) is 71.7 Å². The van der Waals surface area contributed by atoms with Crippen molar-refractivity contribution >= 4 is 16.9 Å². The molecule has 1 aromatic heterocycles. The second-order valence-electron chi connectivity index (χ2n) is 8.68. The van der Waals surface area contributed by atoms with Crippen LogP contribution in [-0.2, 0) is 10.2 Å². The van der Waals surface area contributed by atoms with E-state index in [1.807, 2.05) is 13.8 Å². The molecule has 0 fully saturated rings. The lowest BCUT2D eigenvalue weighted by Gasteiger charge is -2.28. The first-order chi connectivity index (χ1) is 16.0. The van der Waals surface area contributed by atoms with Gasteiger partial charge in [-0.1, -0.05) is 19.9 Å². The number of aromatic carboxylic acids is 1. The molecule has 0 atom stereocenters. The van der Waals surface area contributed by atoms with Crippen molar-refractivity contribution in [2.24, 2.45) is 0 Å². The van der Waals surface area contributed by atoms with Crippen molar-refractivity contribution in [1.29, 1.82) is 0 Å². The highest BCUT2D eigenvalue weighted by atomic mass is 19.2. The molecule has 0 aliphatic heterocycles. The Bertz CT molecular complexity index is 1410. The van der Waals surface area contributed by atoms with Crippen LogP contribution in [0.4, 0.5) is 13.2 Å². The Labute approximate surface area is 193 Å². The number of aromatic nitrogens is 1. The highest BCUT2D eigenvalue weighted by Gasteiger charge is 2.33. The summed E-state index contributed by atoms with van der Waals surface area (Å²) in [5.74, 6) is -4.26. The molecule has 0 radical (unpaired) electrons. The van der Waals surface area contributed by atoms with Crippen LogP contribution in [0.15, 0.2) is 54.6 Å². The largest absolute Gasteiger partial charge is 0.506 e. The molecule has 5 nitrogen and oxygen atoms in total. The van der Waals surface area contributed by atoms with Gasteiger partial charge >= 0.3 is 5.97 Å². The monoisotopic (exact) mass is 469 g/mol. The van der Waals surface area contributed by atoms with Crippen LogP contribution >= 0.6 is 0 Å². The molecule has 0 amide bonds. The number of fused-ring (bicyclic) bond motifs is 1. The van der Waals surface area contributed by atoms with Crippen molar-refractivity contribution in [3.63, 3.8) is 0 Å². The van der Waals surface area contributed by atoms with Crippen LogP contribution in [0.5, 0.6) is 5.75 Å². The SMILES string of the molecule is COCC(C)(C)c1c(-c2ccc(F)c(F)c2)c2cc(F)cc(O)c2n1-c1ccc(C(=O)O)cc1. The second kappa shape index (κ2) is 8.53. The summed E-state index contributed by atoms with van der Waals surface area (Å²) in [6, 6.07) is 11.5. The van der Waals surface area contributed by atoms with Crippen LogP contribution < -0.4 is 0 Å². The Kier molecular flexibility index (Phi) is 5.87. The molecule has 2 N–H and O–H groups in total. The Morgan fingerprint density at radius 2 is 1.68 bits per heavy atom. The van der Waals surface area contributed by atoms with E-state index < -0.39 is 28.8 Å². The Hall–Kier alpha value is -3.78. The number of phenols is 1. The minimum Gasteiger partial charge on any atom is -0.506 e. The van der Waals surface area contributed by atoms with Gasteiger partial charge < -0.3 is 19.5 Å². The number of methoxy groups -OCH3 is 1. The maximum absolute atomic E-state index is 14.5. The molecule has 0 bridgehead atoms. The van der Waals surface area contributed by atoms with E-state index in [4.69, 9.17) is 4.74 Å². The fourth-order valence-electron chi connectivity index (χ4n) is 4.39. The van der Waals surface area contributed by atoms with E-state index in [9.17, 15) is 28.2 Å². The van der Waals surface area contributed by atoms with Crippen LogP contribution in [-0.4, -0.2) is 34.5 Å². The quantitative estimate of drug-likeness (QED) is 0.361. The summed E-state index contributed by atoms with van der Waals surface area (Å²) in [4.78, 5) is 11.3. The zero-order chi connectivity index (χ0) is 24.8. The maximum Gasteiger partial charge on any atom is 0.335 e. The zero-order valence-corrected chi connectivity index (χ0v) is 18.7. The Morgan fingerprint density at radius 3 is 2.26 bits per heavy atom. The normalized spacial score (nSPS) is 11.8. The van der Waals surface area contributed by atoms with Crippen molar-refractivity contribution in [2.75, 3.05) is 13.7 Å². The van der Waals surface area contributed by atoms with E-state index in [-0.39, 0.29) is 34.4 Å². The van der Waals surface area contributed by atoms with Gasteiger partial charge in [-0.05, 0) is 48.0 Å². The van der Waals surface area contributed by atoms with Gasteiger partial charge in [0.05, 0.1) is 17.7 Å². The molecule has 4 aromatic rings. The minimum atomic E-state index is -1.10. The molecule has 3 aromatic carbocycles. The molecule has 34 heavy (non-hydrogen) atoms. The number of halogens is 3. The van der Waals surface area contributed by atoms with Crippen molar-refractivity contribution in [3.05, 3.63) is 83.3 Å². The van der Waals surface area contributed by atoms with Crippen molar-refractivity contribution in [1.82, 2.24) is 4.57 Å². The lowest BCUT2D eigenvalue weighted by Crippen LogP contribution is -2.27. The molecule has 0 aliphatic rings. The summed E-state index contributed by atoms with van der Waals surface area (Å²) >= 11 is 0. The van der Waals surface area contributed by atoms with Crippen LogP contribution in [0.3, 0.4) is 0 Å². The molecule has 4 rings (SSSR count). The molecular formula is C26H22F3NO4. The number of phenolic OH excluding ortho intramolecular Hbond substituents is 1. The summed E-state index contributed by atoms with van der Waals surface area (Å²) in [6.07, 6.45) is 0. The molecule has 176 valence electrons. The van der Waals surface area contributed by atoms with Crippen LogP contribution in [0, 0.1) is 17.5 Å². The van der Waals surface area contributed by atoms with Crippen molar-refractivity contribution < 1.29 is 32.9 Å². The summed E-state index contributed by atoms with van der Waals surface area (Å²) < 4.78 is 49.6.